The minimum Gasteiger partial charge on any atom is -0.493 e. The summed E-state index contributed by atoms with van der Waals surface area (Å²) in [6, 6.07) is 5.63. The van der Waals surface area contributed by atoms with Gasteiger partial charge in [0.1, 0.15) is 0 Å². The van der Waals surface area contributed by atoms with Gasteiger partial charge in [-0.05, 0) is 37.1 Å². The third-order valence-electron chi connectivity index (χ3n) is 3.02. The van der Waals surface area contributed by atoms with Crippen molar-refractivity contribution in [2.24, 2.45) is 0 Å². The molecule has 0 saturated heterocycles. The van der Waals surface area contributed by atoms with Gasteiger partial charge in [-0.15, -0.1) is 11.8 Å². The first-order chi connectivity index (χ1) is 10.0. The van der Waals surface area contributed by atoms with E-state index < -0.39 is 0 Å². The molecule has 0 fully saturated rings. The van der Waals surface area contributed by atoms with E-state index in [1.165, 1.54) is 11.8 Å². The summed E-state index contributed by atoms with van der Waals surface area (Å²) in [4.78, 5) is 11.8. The Hall–Kier alpha value is -1.87. The van der Waals surface area contributed by atoms with Gasteiger partial charge in [-0.2, -0.15) is 5.26 Å². The molecule has 0 saturated carbocycles. The molecule has 5 nitrogen and oxygen atoms in total. The van der Waals surface area contributed by atoms with E-state index in [0.717, 1.165) is 11.1 Å². The molecule has 0 bridgehead atoms. The molecule has 1 N–H and O–H groups in total. The molecule has 6 heteroatoms. The van der Waals surface area contributed by atoms with Gasteiger partial charge in [-0.25, -0.2) is 0 Å². The Morgan fingerprint density at radius 2 is 2.00 bits per heavy atom. The molecule has 0 heterocycles. The van der Waals surface area contributed by atoms with Crippen molar-refractivity contribution >= 4 is 17.7 Å². The van der Waals surface area contributed by atoms with E-state index in [-0.39, 0.29) is 17.7 Å². The summed E-state index contributed by atoms with van der Waals surface area (Å²) in [6.45, 7) is 3.88. The maximum absolute atomic E-state index is 11.8. The third kappa shape index (κ3) is 4.87. The van der Waals surface area contributed by atoms with Crippen molar-refractivity contribution in [3.63, 3.8) is 0 Å². The Labute approximate surface area is 129 Å². The van der Waals surface area contributed by atoms with E-state index in [1.54, 1.807) is 14.2 Å². The van der Waals surface area contributed by atoms with Crippen molar-refractivity contribution < 1.29 is 14.3 Å². The monoisotopic (exact) mass is 308 g/mol. The normalized spacial score (nSPS) is 11.4. The van der Waals surface area contributed by atoms with Gasteiger partial charge in [0, 0.05) is 0 Å². The summed E-state index contributed by atoms with van der Waals surface area (Å²) >= 11 is 1.30. The fourth-order valence-electron chi connectivity index (χ4n) is 2.01. The van der Waals surface area contributed by atoms with Crippen LogP contribution < -0.4 is 14.8 Å². The summed E-state index contributed by atoms with van der Waals surface area (Å²) in [7, 11) is 3.17. The van der Waals surface area contributed by atoms with Crippen molar-refractivity contribution in [3.05, 3.63) is 23.3 Å². The van der Waals surface area contributed by atoms with Crippen LogP contribution in [0.5, 0.6) is 11.5 Å². The Morgan fingerprint density at radius 1 is 1.38 bits per heavy atom. The van der Waals surface area contributed by atoms with Gasteiger partial charge in [-0.3, -0.25) is 4.79 Å². The number of nitrogens with zero attached hydrogens (tertiary/aromatic N) is 1. The van der Waals surface area contributed by atoms with Gasteiger partial charge < -0.3 is 14.8 Å². The van der Waals surface area contributed by atoms with Crippen molar-refractivity contribution in [2.45, 2.75) is 19.9 Å². The number of thioether (sulfide) groups is 1. The number of aryl methyl sites for hydroxylation is 1. The molecule has 0 aliphatic rings. The first kappa shape index (κ1) is 17.2. The number of nitrogens with one attached hydrogen (secondary N) is 1. The highest BCUT2D eigenvalue weighted by Crippen LogP contribution is 2.32. The molecular formula is C15H20N2O3S. The number of amides is 1. The highest BCUT2D eigenvalue weighted by Gasteiger charge is 2.15. The van der Waals surface area contributed by atoms with Gasteiger partial charge in [0.2, 0.25) is 5.91 Å². The standard InChI is InChI=1S/C15H20N2O3S/c1-10-7-13(19-3)14(20-4)8-12(10)11(2)17-15(18)9-21-6-5-16/h7-8,11H,6,9H2,1-4H3,(H,17,18)/t11-/m1/s1. The number of nitriles is 1. The Kier molecular flexibility index (Phi) is 6.89. The summed E-state index contributed by atoms with van der Waals surface area (Å²) < 4.78 is 10.5. The molecule has 1 rings (SSSR count). The number of hydrogen-bond donors (Lipinski definition) is 1. The lowest BCUT2D eigenvalue weighted by Crippen LogP contribution is -2.28. The number of methoxy groups -OCH3 is 2. The second-order valence-corrected chi connectivity index (χ2v) is 5.49. The zero-order chi connectivity index (χ0) is 15.8. The minimum atomic E-state index is -0.139. The fourth-order valence-corrected chi connectivity index (χ4v) is 2.48. The minimum absolute atomic E-state index is 0.0862. The number of carbonyl (C=O) groups is 1. The summed E-state index contributed by atoms with van der Waals surface area (Å²) in [5, 5.41) is 11.4. The summed E-state index contributed by atoms with van der Waals surface area (Å²) in [5.74, 6) is 1.82. The number of hydrogen-bond acceptors (Lipinski definition) is 5. The molecule has 0 radical (unpaired) electrons. The van der Waals surface area contributed by atoms with Gasteiger partial charge in [-0.1, -0.05) is 0 Å². The lowest BCUT2D eigenvalue weighted by molar-refractivity contribution is -0.119. The van der Waals surface area contributed by atoms with Crippen LogP contribution in [0, 0.1) is 18.3 Å². The number of ether oxygens (including phenoxy) is 2. The van der Waals surface area contributed by atoms with Crippen LogP contribution in [0.25, 0.3) is 0 Å². The van der Waals surface area contributed by atoms with E-state index in [2.05, 4.69) is 5.32 Å². The van der Waals surface area contributed by atoms with E-state index in [1.807, 2.05) is 32.0 Å². The van der Waals surface area contributed by atoms with Gasteiger partial charge in [0.25, 0.3) is 0 Å². The molecule has 1 amide bonds. The largest absolute Gasteiger partial charge is 0.493 e. The van der Waals surface area contributed by atoms with E-state index in [4.69, 9.17) is 14.7 Å². The van der Waals surface area contributed by atoms with Crippen LogP contribution in [-0.4, -0.2) is 31.6 Å². The SMILES string of the molecule is COc1cc(C)c([C@@H](C)NC(=O)CSCC#N)cc1OC. The maximum atomic E-state index is 11.8. The molecule has 114 valence electrons. The third-order valence-corrected chi connectivity index (χ3v) is 3.82. The lowest BCUT2D eigenvalue weighted by Gasteiger charge is -2.19. The van der Waals surface area contributed by atoms with Gasteiger partial charge in [0.05, 0.1) is 37.8 Å². The van der Waals surface area contributed by atoms with E-state index in [0.29, 0.717) is 17.3 Å². The first-order valence-corrected chi connectivity index (χ1v) is 7.65. The molecule has 0 unspecified atom stereocenters. The molecular weight excluding hydrogens is 288 g/mol. The van der Waals surface area contributed by atoms with Crippen LogP contribution in [-0.2, 0) is 4.79 Å². The number of benzene rings is 1. The van der Waals surface area contributed by atoms with Crippen LogP contribution in [0.15, 0.2) is 12.1 Å². The maximum Gasteiger partial charge on any atom is 0.230 e. The van der Waals surface area contributed by atoms with Crippen LogP contribution in [0.4, 0.5) is 0 Å². The molecule has 0 spiro atoms. The van der Waals surface area contributed by atoms with Crippen molar-refractivity contribution in [1.29, 1.82) is 5.26 Å². The zero-order valence-corrected chi connectivity index (χ0v) is 13.5. The number of carbonyl (C=O) groups excluding carboxylic acids is 1. The fraction of sp³-hybridized carbons (Fsp3) is 0.467. The Balaban J connectivity index is 2.80. The highest BCUT2D eigenvalue weighted by molar-refractivity contribution is 8.00. The molecule has 0 aromatic heterocycles. The summed E-state index contributed by atoms with van der Waals surface area (Å²) in [6.07, 6.45) is 0. The van der Waals surface area contributed by atoms with E-state index >= 15 is 0 Å². The summed E-state index contributed by atoms with van der Waals surface area (Å²) in [5.41, 5.74) is 2.00. The Morgan fingerprint density at radius 3 is 2.57 bits per heavy atom. The number of rotatable bonds is 7. The van der Waals surface area contributed by atoms with Crippen LogP contribution in [0.3, 0.4) is 0 Å². The second-order valence-electron chi connectivity index (χ2n) is 4.50. The topological polar surface area (TPSA) is 71.3 Å². The lowest BCUT2D eigenvalue weighted by atomic mass is 10.0. The van der Waals surface area contributed by atoms with Crippen molar-refractivity contribution in [2.75, 3.05) is 25.7 Å². The predicted molar refractivity (Wildman–Crippen MR) is 83.8 cm³/mol. The molecule has 1 aromatic carbocycles. The van der Waals surface area contributed by atoms with Crippen molar-refractivity contribution in [1.82, 2.24) is 5.32 Å². The van der Waals surface area contributed by atoms with E-state index in [9.17, 15) is 4.79 Å². The van der Waals surface area contributed by atoms with Crippen LogP contribution >= 0.6 is 11.8 Å². The molecule has 1 aromatic rings. The van der Waals surface area contributed by atoms with Crippen LogP contribution in [0.1, 0.15) is 24.1 Å². The quantitative estimate of drug-likeness (QED) is 0.783. The van der Waals surface area contributed by atoms with Gasteiger partial charge >= 0.3 is 0 Å². The second kappa shape index (κ2) is 8.42. The average molecular weight is 308 g/mol. The van der Waals surface area contributed by atoms with Gasteiger partial charge in [0.15, 0.2) is 11.5 Å². The Bertz CT molecular complexity index is 540. The predicted octanol–water partition coefficient (Wildman–Crippen LogP) is 2.45. The smallest absolute Gasteiger partial charge is 0.230 e. The first-order valence-electron chi connectivity index (χ1n) is 6.50. The zero-order valence-electron chi connectivity index (χ0n) is 12.7. The molecule has 21 heavy (non-hydrogen) atoms. The molecule has 0 aliphatic heterocycles. The van der Waals surface area contributed by atoms with Crippen LogP contribution in [0.2, 0.25) is 0 Å². The average Bonchev–Trinajstić information content (AvgIpc) is 2.46. The molecule has 0 aliphatic carbocycles. The molecule has 1 atom stereocenters. The highest BCUT2D eigenvalue weighted by atomic mass is 32.2. The van der Waals surface area contributed by atoms with Crippen molar-refractivity contribution in [3.8, 4) is 17.6 Å².